The molecule has 1 aliphatic rings. The molecule has 0 bridgehead atoms. The van der Waals surface area contributed by atoms with Crippen molar-refractivity contribution >= 4 is 28.1 Å². The van der Waals surface area contributed by atoms with Gasteiger partial charge in [0.05, 0.1) is 7.11 Å². The van der Waals surface area contributed by atoms with Crippen LogP contribution in [-0.2, 0) is 6.42 Å². The summed E-state index contributed by atoms with van der Waals surface area (Å²) in [5.74, 6) is 0.788. The molecule has 0 aliphatic heterocycles. The van der Waals surface area contributed by atoms with Gasteiger partial charge in [-0.15, -0.1) is 0 Å². The Kier molecular flexibility index (Phi) is 5.58. The van der Waals surface area contributed by atoms with E-state index in [2.05, 4.69) is 52.8 Å². The summed E-state index contributed by atoms with van der Waals surface area (Å²) >= 11 is 5.83. The lowest BCUT2D eigenvalue weighted by Crippen LogP contribution is -2.51. The Morgan fingerprint density at radius 3 is 2.61 bits per heavy atom. The van der Waals surface area contributed by atoms with Gasteiger partial charge in [-0.2, -0.15) is 0 Å². The summed E-state index contributed by atoms with van der Waals surface area (Å²) in [6, 6.07) is 18.8. The van der Waals surface area contributed by atoms with Gasteiger partial charge in [0.15, 0.2) is 0 Å². The number of para-hydroxylation sites is 1. The minimum absolute atomic E-state index is 0.0278. The van der Waals surface area contributed by atoms with Crippen LogP contribution < -0.4 is 10.1 Å². The van der Waals surface area contributed by atoms with Gasteiger partial charge in [0.1, 0.15) is 16.3 Å². The maximum atomic E-state index is 5.83. The van der Waals surface area contributed by atoms with E-state index in [1.807, 2.05) is 18.3 Å². The lowest BCUT2D eigenvalue weighted by molar-refractivity contribution is 0.265. The first-order valence-corrected chi connectivity index (χ1v) is 10.4. The zero-order valence-electron chi connectivity index (χ0n) is 16.3. The van der Waals surface area contributed by atoms with Gasteiger partial charge in [0, 0.05) is 22.7 Å². The fraction of sp³-hybridized carbons (Fsp3) is 0.333. The van der Waals surface area contributed by atoms with Gasteiger partial charge in [0.2, 0.25) is 0 Å². The van der Waals surface area contributed by atoms with Crippen LogP contribution in [0.2, 0.25) is 0 Å². The van der Waals surface area contributed by atoms with Gasteiger partial charge in [0.25, 0.3) is 0 Å². The van der Waals surface area contributed by atoms with E-state index >= 15 is 0 Å². The van der Waals surface area contributed by atoms with Crippen LogP contribution in [0, 0.1) is 0 Å². The molecule has 0 saturated heterocycles. The number of methoxy groups -OCH3 is 1. The largest absolute Gasteiger partial charge is 0.494 e. The summed E-state index contributed by atoms with van der Waals surface area (Å²) in [6.07, 6.45) is 8.96. The van der Waals surface area contributed by atoms with Crippen molar-refractivity contribution in [2.75, 3.05) is 7.11 Å². The molecule has 2 aromatic carbocycles. The third kappa shape index (κ3) is 4.02. The zero-order chi connectivity index (χ0) is 19.4. The minimum atomic E-state index is 0.0278. The van der Waals surface area contributed by atoms with Crippen LogP contribution in [0.15, 0.2) is 60.8 Å². The van der Waals surface area contributed by atoms with E-state index in [9.17, 15) is 0 Å². The molecule has 28 heavy (non-hydrogen) atoms. The molecule has 1 N–H and O–H groups in total. The quantitative estimate of drug-likeness (QED) is 0.587. The molecule has 3 aromatic rings. The molecule has 4 rings (SSSR count). The van der Waals surface area contributed by atoms with Gasteiger partial charge in [-0.1, -0.05) is 73.9 Å². The van der Waals surface area contributed by atoms with Crippen molar-refractivity contribution in [3.05, 3.63) is 71.9 Å². The Bertz CT molecular complexity index is 965. The molecule has 144 valence electrons. The molecule has 0 atom stereocenters. The number of hydrogen-bond acceptors (Lipinski definition) is 3. The third-order valence-corrected chi connectivity index (χ3v) is 6.07. The van der Waals surface area contributed by atoms with Crippen LogP contribution in [0.1, 0.15) is 43.2 Å². The number of nitrogens with zero attached hydrogens (tertiary/aromatic N) is 1. The Balaban J connectivity index is 1.60. The van der Waals surface area contributed by atoms with Gasteiger partial charge in [-0.05, 0) is 37.0 Å². The first-order valence-electron chi connectivity index (χ1n) is 9.98. The molecule has 1 saturated carbocycles. The fourth-order valence-electron chi connectivity index (χ4n) is 4.30. The number of nitrogens with one attached hydrogen (secondary N) is 1. The molecular formula is C24H26N2OS. The summed E-state index contributed by atoms with van der Waals surface area (Å²) in [5, 5.41) is 4.79. The lowest BCUT2D eigenvalue weighted by atomic mass is 9.77. The molecule has 3 nitrogen and oxygen atoms in total. The van der Waals surface area contributed by atoms with Crippen LogP contribution in [0.4, 0.5) is 0 Å². The number of benzene rings is 2. The maximum absolute atomic E-state index is 5.83. The number of thiocarbonyl (C=S) groups is 1. The van der Waals surface area contributed by atoms with E-state index in [-0.39, 0.29) is 5.54 Å². The maximum Gasteiger partial charge on any atom is 0.145 e. The fourth-order valence-corrected chi connectivity index (χ4v) is 4.62. The molecule has 0 radical (unpaired) electrons. The van der Waals surface area contributed by atoms with Crippen molar-refractivity contribution in [3.63, 3.8) is 0 Å². The number of ether oxygens (including phenoxy) is 1. The van der Waals surface area contributed by atoms with Crippen molar-refractivity contribution in [1.82, 2.24) is 10.3 Å². The highest BCUT2D eigenvalue weighted by atomic mass is 32.1. The average Bonchev–Trinajstić information content (AvgIpc) is 2.74. The Labute approximate surface area is 172 Å². The van der Waals surface area contributed by atoms with Crippen molar-refractivity contribution < 1.29 is 4.74 Å². The van der Waals surface area contributed by atoms with E-state index in [1.54, 1.807) is 7.11 Å². The van der Waals surface area contributed by atoms with Crippen LogP contribution in [0.3, 0.4) is 0 Å². The number of pyridine rings is 1. The molecule has 0 amide bonds. The highest BCUT2D eigenvalue weighted by Crippen LogP contribution is 2.32. The summed E-state index contributed by atoms with van der Waals surface area (Å²) < 4.78 is 5.42. The second kappa shape index (κ2) is 8.27. The van der Waals surface area contributed by atoms with Crippen molar-refractivity contribution in [2.45, 2.75) is 44.1 Å². The SMILES string of the molecule is COc1cccc2cc(C(=S)NC3(Cc4ccccc4)CCCCC3)cnc12. The molecule has 1 aliphatic carbocycles. The second-order valence-corrected chi connectivity index (χ2v) is 8.12. The molecular weight excluding hydrogens is 364 g/mol. The predicted molar refractivity (Wildman–Crippen MR) is 119 cm³/mol. The van der Waals surface area contributed by atoms with E-state index in [0.29, 0.717) is 0 Å². The van der Waals surface area contributed by atoms with Crippen molar-refractivity contribution in [1.29, 1.82) is 0 Å². The minimum Gasteiger partial charge on any atom is -0.494 e. The molecule has 0 unspecified atom stereocenters. The molecule has 0 spiro atoms. The average molecular weight is 391 g/mol. The van der Waals surface area contributed by atoms with Crippen LogP contribution >= 0.6 is 12.2 Å². The number of aromatic nitrogens is 1. The highest BCUT2D eigenvalue weighted by Gasteiger charge is 2.33. The third-order valence-electron chi connectivity index (χ3n) is 5.73. The van der Waals surface area contributed by atoms with Crippen LogP contribution in [0.5, 0.6) is 5.75 Å². The molecule has 1 heterocycles. The number of hydrogen-bond donors (Lipinski definition) is 1. The van der Waals surface area contributed by atoms with Crippen LogP contribution in [-0.4, -0.2) is 22.6 Å². The normalized spacial score (nSPS) is 15.9. The van der Waals surface area contributed by atoms with E-state index in [0.717, 1.165) is 46.5 Å². The summed E-state index contributed by atoms with van der Waals surface area (Å²) in [6.45, 7) is 0. The van der Waals surface area contributed by atoms with E-state index in [4.69, 9.17) is 17.0 Å². The monoisotopic (exact) mass is 390 g/mol. The first-order chi connectivity index (χ1) is 13.7. The summed E-state index contributed by atoms with van der Waals surface area (Å²) in [7, 11) is 1.67. The summed E-state index contributed by atoms with van der Waals surface area (Å²) in [5.41, 5.74) is 3.23. The molecule has 4 heteroatoms. The van der Waals surface area contributed by atoms with Gasteiger partial charge in [-0.25, -0.2) is 0 Å². The Hall–Kier alpha value is -2.46. The van der Waals surface area contributed by atoms with Crippen molar-refractivity contribution in [3.8, 4) is 5.75 Å². The van der Waals surface area contributed by atoms with Gasteiger partial charge < -0.3 is 10.1 Å². The smallest absolute Gasteiger partial charge is 0.145 e. The van der Waals surface area contributed by atoms with Gasteiger partial charge >= 0.3 is 0 Å². The lowest BCUT2D eigenvalue weighted by Gasteiger charge is -2.39. The first kappa shape index (κ1) is 18.9. The highest BCUT2D eigenvalue weighted by molar-refractivity contribution is 7.80. The van der Waals surface area contributed by atoms with Crippen LogP contribution in [0.25, 0.3) is 10.9 Å². The molecule has 1 fully saturated rings. The van der Waals surface area contributed by atoms with E-state index in [1.165, 1.54) is 24.8 Å². The Morgan fingerprint density at radius 2 is 1.86 bits per heavy atom. The second-order valence-electron chi connectivity index (χ2n) is 7.71. The van der Waals surface area contributed by atoms with Gasteiger partial charge in [-0.3, -0.25) is 4.98 Å². The zero-order valence-corrected chi connectivity index (χ0v) is 17.1. The van der Waals surface area contributed by atoms with Crippen molar-refractivity contribution in [2.24, 2.45) is 0 Å². The topological polar surface area (TPSA) is 34.1 Å². The summed E-state index contributed by atoms with van der Waals surface area (Å²) in [4.78, 5) is 5.41. The standard InChI is InChI=1S/C24H26N2OS/c1-27-21-12-8-11-19-15-20(17-25-22(19)21)23(28)26-24(13-6-3-7-14-24)16-18-9-4-2-5-10-18/h2,4-5,8-12,15,17H,3,6-7,13-14,16H2,1H3,(H,26,28). The Morgan fingerprint density at radius 1 is 1.07 bits per heavy atom. The molecule has 1 aromatic heterocycles. The number of fused-ring (bicyclic) bond motifs is 1. The number of rotatable bonds is 5. The predicted octanol–water partition coefficient (Wildman–Crippen LogP) is 5.45. The van der Waals surface area contributed by atoms with E-state index < -0.39 is 0 Å².